The van der Waals surface area contributed by atoms with Gasteiger partial charge in [0, 0.05) is 16.6 Å². The first-order chi connectivity index (χ1) is 11.3. The molecule has 3 heteroatoms. The Bertz CT molecular complexity index is 800. The number of nitrogens with zero attached hydrogens (tertiary/aromatic N) is 1. The van der Waals surface area contributed by atoms with Crippen LogP contribution in [0.15, 0.2) is 66.0 Å². The van der Waals surface area contributed by atoms with Crippen LogP contribution in [0.4, 0.5) is 0 Å². The minimum atomic E-state index is -0.167. The quantitative estimate of drug-likeness (QED) is 0.655. The zero-order valence-corrected chi connectivity index (χ0v) is 13.7. The molecule has 23 heavy (non-hydrogen) atoms. The fourth-order valence-electron chi connectivity index (χ4n) is 2.22. The first-order valence-corrected chi connectivity index (χ1v) is 8.33. The molecule has 0 saturated heterocycles. The summed E-state index contributed by atoms with van der Waals surface area (Å²) in [5.41, 5.74) is 3.12. The van der Waals surface area contributed by atoms with Crippen molar-refractivity contribution < 1.29 is 4.74 Å². The summed E-state index contributed by atoms with van der Waals surface area (Å²) in [6.07, 6.45) is -0.167. The Kier molecular flexibility index (Phi) is 5.21. The average molecular weight is 319 g/mol. The lowest BCUT2D eigenvalue weighted by atomic mass is 10.1. The summed E-state index contributed by atoms with van der Waals surface area (Å²) >= 11 is 1.62. The minimum absolute atomic E-state index is 0.167. The van der Waals surface area contributed by atoms with Gasteiger partial charge in [0.25, 0.3) is 0 Å². The van der Waals surface area contributed by atoms with Gasteiger partial charge in [0.2, 0.25) is 0 Å². The summed E-state index contributed by atoms with van der Waals surface area (Å²) in [5.74, 6) is 6.20. The summed E-state index contributed by atoms with van der Waals surface area (Å²) in [4.78, 5) is 4.57. The highest BCUT2D eigenvalue weighted by Crippen LogP contribution is 2.28. The first-order valence-electron chi connectivity index (χ1n) is 7.45. The van der Waals surface area contributed by atoms with Crippen molar-refractivity contribution >= 4 is 11.3 Å². The smallest absolute Gasteiger partial charge is 0.135 e. The van der Waals surface area contributed by atoms with Crippen LogP contribution in [0.2, 0.25) is 0 Å². The van der Waals surface area contributed by atoms with E-state index in [1.807, 2.05) is 60.8 Å². The summed E-state index contributed by atoms with van der Waals surface area (Å²) < 4.78 is 6.02. The van der Waals surface area contributed by atoms with Gasteiger partial charge >= 0.3 is 0 Å². The third-order valence-corrected chi connectivity index (χ3v) is 4.30. The van der Waals surface area contributed by atoms with Crippen molar-refractivity contribution in [1.82, 2.24) is 4.98 Å². The summed E-state index contributed by atoms with van der Waals surface area (Å²) in [6.45, 7) is 2.37. The topological polar surface area (TPSA) is 22.1 Å². The van der Waals surface area contributed by atoms with Crippen LogP contribution in [0.5, 0.6) is 0 Å². The van der Waals surface area contributed by atoms with Gasteiger partial charge in [-0.3, -0.25) is 0 Å². The molecule has 0 amide bonds. The van der Waals surface area contributed by atoms with E-state index in [2.05, 4.69) is 29.0 Å². The maximum absolute atomic E-state index is 6.02. The number of benzene rings is 2. The Morgan fingerprint density at radius 1 is 1.04 bits per heavy atom. The molecule has 1 heterocycles. The van der Waals surface area contributed by atoms with Gasteiger partial charge in [-0.25, -0.2) is 4.98 Å². The lowest BCUT2D eigenvalue weighted by Crippen LogP contribution is -2.06. The molecule has 3 rings (SSSR count). The van der Waals surface area contributed by atoms with Crippen LogP contribution in [0.1, 0.15) is 27.9 Å². The van der Waals surface area contributed by atoms with Gasteiger partial charge in [-0.1, -0.05) is 60.4 Å². The van der Waals surface area contributed by atoms with Gasteiger partial charge in [0.05, 0.1) is 0 Å². The van der Waals surface area contributed by atoms with E-state index in [0.717, 1.165) is 21.8 Å². The van der Waals surface area contributed by atoms with Crippen molar-refractivity contribution in [2.24, 2.45) is 0 Å². The molecule has 2 nitrogen and oxygen atoms in total. The van der Waals surface area contributed by atoms with Crippen molar-refractivity contribution in [1.29, 1.82) is 0 Å². The van der Waals surface area contributed by atoms with Crippen LogP contribution >= 0.6 is 11.3 Å². The predicted molar refractivity (Wildman–Crippen MR) is 94.4 cm³/mol. The van der Waals surface area contributed by atoms with Crippen molar-refractivity contribution in [2.75, 3.05) is 6.61 Å². The molecule has 0 spiro atoms. The fourth-order valence-corrected chi connectivity index (χ4v) is 3.08. The zero-order valence-electron chi connectivity index (χ0n) is 12.9. The molecule has 0 aliphatic carbocycles. The second kappa shape index (κ2) is 7.73. The normalized spacial score (nSPS) is 11.5. The van der Waals surface area contributed by atoms with E-state index in [9.17, 15) is 0 Å². The number of rotatable bonds is 4. The second-order valence-corrected chi connectivity index (χ2v) is 5.99. The Morgan fingerprint density at radius 2 is 1.74 bits per heavy atom. The van der Waals surface area contributed by atoms with E-state index in [0.29, 0.717) is 6.61 Å². The monoisotopic (exact) mass is 319 g/mol. The van der Waals surface area contributed by atoms with Gasteiger partial charge in [0.1, 0.15) is 17.7 Å². The highest BCUT2D eigenvalue weighted by Gasteiger charge is 2.17. The van der Waals surface area contributed by atoms with E-state index in [1.54, 1.807) is 11.3 Å². The summed E-state index contributed by atoms with van der Waals surface area (Å²) in [7, 11) is 0. The second-order valence-electron chi connectivity index (χ2n) is 5.10. The standard InChI is InChI=1S/C20H17NOS/c1-16-15-23-20(21-16)19(18-12-6-3-7-13-18)22-14-8-11-17-9-4-2-5-10-17/h2-7,9-10,12-13,15,19H,14H2,1H3. The van der Waals surface area contributed by atoms with Crippen LogP contribution in [0, 0.1) is 18.8 Å². The van der Waals surface area contributed by atoms with E-state index in [1.165, 1.54) is 0 Å². The van der Waals surface area contributed by atoms with Crippen molar-refractivity contribution in [3.8, 4) is 11.8 Å². The van der Waals surface area contributed by atoms with Gasteiger partial charge in [-0.2, -0.15) is 0 Å². The van der Waals surface area contributed by atoms with Crippen molar-refractivity contribution in [3.05, 3.63) is 87.9 Å². The average Bonchev–Trinajstić information content (AvgIpc) is 3.03. The molecule has 2 aromatic carbocycles. The molecule has 0 aliphatic heterocycles. The van der Waals surface area contributed by atoms with Gasteiger partial charge in [0.15, 0.2) is 0 Å². The Hall–Kier alpha value is -2.41. The molecule has 3 aromatic rings. The van der Waals surface area contributed by atoms with Gasteiger partial charge < -0.3 is 4.74 Å². The largest absolute Gasteiger partial charge is 0.354 e. The lowest BCUT2D eigenvalue weighted by molar-refractivity contribution is 0.108. The number of aromatic nitrogens is 1. The predicted octanol–water partition coefficient (Wildman–Crippen LogP) is 4.61. The number of ether oxygens (including phenoxy) is 1. The van der Waals surface area contributed by atoms with Crippen LogP contribution in [0.3, 0.4) is 0 Å². The highest BCUT2D eigenvalue weighted by atomic mass is 32.1. The van der Waals surface area contributed by atoms with Crippen LogP contribution in [-0.2, 0) is 4.74 Å². The van der Waals surface area contributed by atoms with Crippen LogP contribution in [0.25, 0.3) is 0 Å². The molecule has 0 fully saturated rings. The molecular formula is C20H17NOS. The maximum atomic E-state index is 6.02. The molecule has 0 radical (unpaired) electrons. The van der Waals surface area contributed by atoms with Crippen LogP contribution in [-0.4, -0.2) is 11.6 Å². The van der Waals surface area contributed by atoms with Crippen molar-refractivity contribution in [3.63, 3.8) is 0 Å². The Balaban J connectivity index is 1.74. The van der Waals surface area contributed by atoms with E-state index in [-0.39, 0.29) is 6.10 Å². The zero-order chi connectivity index (χ0) is 15.9. The number of aryl methyl sites for hydroxylation is 1. The third kappa shape index (κ3) is 4.29. The van der Waals surface area contributed by atoms with Gasteiger partial charge in [-0.15, -0.1) is 11.3 Å². The fraction of sp³-hybridized carbons (Fsp3) is 0.150. The molecule has 1 atom stereocenters. The molecular weight excluding hydrogens is 302 g/mol. The first kappa shape index (κ1) is 15.5. The summed E-state index contributed by atoms with van der Waals surface area (Å²) in [6, 6.07) is 20.1. The van der Waals surface area contributed by atoms with E-state index >= 15 is 0 Å². The minimum Gasteiger partial charge on any atom is -0.354 e. The van der Waals surface area contributed by atoms with Crippen LogP contribution < -0.4 is 0 Å². The van der Waals surface area contributed by atoms with Gasteiger partial charge in [-0.05, 0) is 24.6 Å². The van der Waals surface area contributed by atoms with E-state index in [4.69, 9.17) is 4.74 Å². The molecule has 1 unspecified atom stereocenters. The molecule has 0 bridgehead atoms. The van der Waals surface area contributed by atoms with E-state index < -0.39 is 0 Å². The number of hydrogen-bond donors (Lipinski definition) is 0. The molecule has 0 saturated carbocycles. The maximum Gasteiger partial charge on any atom is 0.135 e. The third-order valence-electron chi connectivity index (χ3n) is 3.29. The molecule has 0 aliphatic rings. The number of thiazole rings is 1. The molecule has 1 aromatic heterocycles. The molecule has 0 N–H and O–H groups in total. The Morgan fingerprint density at radius 3 is 2.39 bits per heavy atom. The lowest BCUT2D eigenvalue weighted by Gasteiger charge is -2.14. The molecule has 114 valence electrons. The summed E-state index contributed by atoms with van der Waals surface area (Å²) in [5, 5.41) is 3.01. The van der Waals surface area contributed by atoms with Crippen molar-refractivity contribution in [2.45, 2.75) is 13.0 Å². The number of hydrogen-bond acceptors (Lipinski definition) is 3. The highest BCUT2D eigenvalue weighted by molar-refractivity contribution is 7.09. The SMILES string of the molecule is Cc1csc(C(OCC#Cc2ccccc2)c2ccccc2)n1. The Labute approximate surface area is 140 Å².